The van der Waals surface area contributed by atoms with Gasteiger partial charge in [-0.3, -0.25) is 9.59 Å². The molecule has 0 fully saturated rings. The standard InChI is InChI=1S/2C20H30O2/c1-19-17-15-13-11-9-7-5-3-2-4-6-8-10-12-14-16-18-20(21)22-19;1-2-19-17-15-13-11-9-7-5-3-4-6-8-10-12-14-16-18-20(21)22-19/h3-6,9-12,19H,2,7-8,13-18H2,1H3;4-7,10-13,19H,2-3,8-9,14-18H2,1H3/b5-3-,6-4-,11-9-,12-10-;6-4-,7-5-,12-10-,13-11-. The van der Waals surface area contributed by atoms with Gasteiger partial charge in [0.05, 0.1) is 6.10 Å². The molecule has 0 bridgehead atoms. The van der Waals surface area contributed by atoms with Crippen molar-refractivity contribution in [2.24, 2.45) is 0 Å². The molecule has 4 heteroatoms. The zero-order valence-corrected chi connectivity index (χ0v) is 27.8. The van der Waals surface area contributed by atoms with Crippen LogP contribution in [-0.2, 0) is 19.1 Å². The Hall–Kier alpha value is -3.14. The summed E-state index contributed by atoms with van der Waals surface area (Å²) in [4.78, 5) is 23.5. The Bertz CT molecular complexity index is 960. The van der Waals surface area contributed by atoms with E-state index in [-0.39, 0.29) is 24.1 Å². The van der Waals surface area contributed by atoms with E-state index in [0.29, 0.717) is 12.8 Å². The van der Waals surface area contributed by atoms with Gasteiger partial charge in [-0.15, -0.1) is 0 Å². The van der Waals surface area contributed by atoms with Gasteiger partial charge >= 0.3 is 11.9 Å². The monoisotopic (exact) mass is 604 g/mol. The second-order valence-electron chi connectivity index (χ2n) is 11.3. The number of carbonyl (C=O) groups excluding carboxylic acids is 2. The van der Waals surface area contributed by atoms with Crippen molar-refractivity contribution >= 4 is 11.9 Å². The molecule has 0 aromatic heterocycles. The first-order valence-corrected chi connectivity index (χ1v) is 17.2. The maximum atomic E-state index is 11.8. The molecule has 2 rings (SSSR count). The summed E-state index contributed by atoms with van der Waals surface area (Å²) in [6.07, 6.45) is 51.6. The normalized spacial score (nSPS) is 28.7. The minimum Gasteiger partial charge on any atom is -0.463 e. The SMILES string of the molecule is CC1CCC/C=C\C/C=C\C/C=C\C/C=C\CCCC(=O)O1.CCC1CC/C=C\C/C=C\C/C=C\C/C=C\CCCC(=O)O1. The van der Waals surface area contributed by atoms with Gasteiger partial charge in [-0.25, -0.2) is 0 Å². The van der Waals surface area contributed by atoms with Crippen LogP contribution >= 0.6 is 0 Å². The van der Waals surface area contributed by atoms with Crippen LogP contribution in [0, 0.1) is 0 Å². The van der Waals surface area contributed by atoms with E-state index in [4.69, 9.17) is 9.47 Å². The molecule has 0 saturated heterocycles. The fraction of sp³-hybridized carbons (Fsp3) is 0.550. The van der Waals surface area contributed by atoms with E-state index in [1.165, 1.54) is 0 Å². The molecule has 0 aromatic carbocycles. The molecule has 4 nitrogen and oxygen atoms in total. The number of ether oxygens (including phenoxy) is 2. The molecule has 2 aliphatic rings. The third-order valence-corrected chi connectivity index (χ3v) is 7.19. The lowest BCUT2D eigenvalue weighted by Gasteiger charge is -2.15. The minimum atomic E-state index is -0.0594. The van der Waals surface area contributed by atoms with E-state index in [2.05, 4.69) is 104 Å². The van der Waals surface area contributed by atoms with E-state index in [0.717, 1.165) is 103 Å². The van der Waals surface area contributed by atoms with E-state index in [1.54, 1.807) is 0 Å². The highest BCUT2D eigenvalue weighted by Gasteiger charge is 2.11. The maximum Gasteiger partial charge on any atom is 0.306 e. The summed E-state index contributed by atoms with van der Waals surface area (Å²) in [5.74, 6) is -0.110. The van der Waals surface area contributed by atoms with Crippen molar-refractivity contribution in [2.75, 3.05) is 0 Å². The Morgan fingerprint density at radius 2 is 0.864 bits per heavy atom. The van der Waals surface area contributed by atoms with Gasteiger partial charge in [-0.2, -0.15) is 0 Å². The second-order valence-corrected chi connectivity index (χ2v) is 11.3. The smallest absolute Gasteiger partial charge is 0.306 e. The van der Waals surface area contributed by atoms with Crippen LogP contribution in [0.3, 0.4) is 0 Å². The Balaban J connectivity index is 0.000000440. The molecule has 0 aliphatic carbocycles. The van der Waals surface area contributed by atoms with Crippen LogP contribution in [0.2, 0.25) is 0 Å². The lowest BCUT2D eigenvalue weighted by Crippen LogP contribution is -2.17. The van der Waals surface area contributed by atoms with E-state index >= 15 is 0 Å². The lowest BCUT2D eigenvalue weighted by molar-refractivity contribution is -0.150. The Morgan fingerprint density at radius 3 is 1.30 bits per heavy atom. The molecule has 2 unspecified atom stereocenters. The number of cyclic esters (lactones) is 2. The molecule has 2 aliphatic heterocycles. The van der Waals surface area contributed by atoms with Gasteiger partial charge in [0.15, 0.2) is 0 Å². The average molecular weight is 605 g/mol. The first-order valence-electron chi connectivity index (χ1n) is 17.2. The van der Waals surface area contributed by atoms with Crippen LogP contribution in [0.15, 0.2) is 97.2 Å². The number of allylic oxidation sites excluding steroid dienone is 16. The van der Waals surface area contributed by atoms with Crippen molar-refractivity contribution in [1.29, 1.82) is 0 Å². The number of esters is 2. The van der Waals surface area contributed by atoms with Crippen LogP contribution in [0.4, 0.5) is 0 Å². The van der Waals surface area contributed by atoms with Crippen molar-refractivity contribution in [3.8, 4) is 0 Å². The number of carbonyl (C=O) groups is 2. The number of hydrogen-bond acceptors (Lipinski definition) is 4. The Morgan fingerprint density at radius 1 is 0.500 bits per heavy atom. The van der Waals surface area contributed by atoms with E-state index in [9.17, 15) is 9.59 Å². The quantitative estimate of drug-likeness (QED) is 0.221. The highest BCUT2D eigenvalue weighted by Crippen LogP contribution is 2.11. The van der Waals surface area contributed by atoms with E-state index in [1.807, 2.05) is 6.92 Å². The number of rotatable bonds is 1. The van der Waals surface area contributed by atoms with Gasteiger partial charge in [0.25, 0.3) is 0 Å². The van der Waals surface area contributed by atoms with Gasteiger partial charge in [-0.05, 0) is 110 Å². The first kappa shape index (κ1) is 38.9. The van der Waals surface area contributed by atoms with Crippen molar-refractivity contribution < 1.29 is 19.1 Å². The fourth-order valence-corrected chi connectivity index (χ4v) is 4.56. The average Bonchev–Trinajstić information content (AvgIpc) is 3.01. The number of hydrogen-bond donors (Lipinski definition) is 0. The summed E-state index contributed by atoms with van der Waals surface area (Å²) in [7, 11) is 0. The molecule has 0 radical (unpaired) electrons. The Labute approximate surface area is 269 Å². The zero-order valence-electron chi connectivity index (χ0n) is 27.8. The van der Waals surface area contributed by atoms with Crippen molar-refractivity contribution in [1.82, 2.24) is 0 Å². The maximum absolute atomic E-state index is 11.8. The molecule has 2 atom stereocenters. The molecule has 44 heavy (non-hydrogen) atoms. The van der Waals surface area contributed by atoms with Crippen LogP contribution in [0.5, 0.6) is 0 Å². The van der Waals surface area contributed by atoms with Crippen molar-refractivity contribution in [2.45, 2.75) is 142 Å². The molecule has 0 N–H and O–H groups in total. The molecule has 2 heterocycles. The van der Waals surface area contributed by atoms with Gasteiger partial charge in [0, 0.05) is 12.8 Å². The predicted octanol–water partition coefficient (Wildman–Crippen LogP) is 11.3. The summed E-state index contributed by atoms with van der Waals surface area (Å²) < 4.78 is 11.0. The molecule has 0 saturated carbocycles. The second kappa shape index (κ2) is 29.9. The highest BCUT2D eigenvalue weighted by molar-refractivity contribution is 5.69. The van der Waals surface area contributed by atoms with Crippen LogP contribution in [0.25, 0.3) is 0 Å². The van der Waals surface area contributed by atoms with Gasteiger partial charge in [0.1, 0.15) is 6.10 Å². The molecule has 244 valence electrons. The minimum absolute atomic E-state index is 0.0343. The van der Waals surface area contributed by atoms with Crippen molar-refractivity contribution in [3.05, 3.63) is 97.2 Å². The molecule has 0 amide bonds. The Kier molecular flexibility index (Phi) is 26.4. The molecular formula is C40H60O4. The predicted molar refractivity (Wildman–Crippen MR) is 187 cm³/mol. The summed E-state index contributed by atoms with van der Waals surface area (Å²) in [5, 5.41) is 0. The molecule has 0 aromatic rings. The van der Waals surface area contributed by atoms with E-state index < -0.39 is 0 Å². The largest absolute Gasteiger partial charge is 0.463 e. The van der Waals surface area contributed by atoms with Crippen LogP contribution in [-0.4, -0.2) is 24.1 Å². The lowest BCUT2D eigenvalue weighted by atomic mass is 10.1. The third kappa shape index (κ3) is 26.5. The zero-order chi connectivity index (χ0) is 31.8. The van der Waals surface area contributed by atoms with Gasteiger partial charge < -0.3 is 9.47 Å². The van der Waals surface area contributed by atoms with Crippen LogP contribution < -0.4 is 0 Å². The molecular weight excluding hydrogens is 544 g/mol. The summed E-state index contributed by atoms with van der Waals surface area (Å²) in [6, 6.07) is 0. The van der Waals surface area contributed by atoms with Crippen LogP contribution in [0.1, 0.15) is 129 Å². The fourth-order valence-electron chi connectivity index (χ4n) is 4.56. The van der Waals surface area contributed by atoms with Crippen molar-refractivity contribution in [3.63, 3.8) is 0 Å². The van der Waals surface area contributed by atoms with Gasteiger partial charge in [-0.1, -0.05) is 104 Å². The molecule has 0 spiro atoms. The summed E-state index contributed by atoms with van der Waals surface area (Å²) in [6.45, 7) is 4.07. The van der Waals surface area contributed by atoms with Gasteiger partial charge in [0.2, 0.25) is 0 Å². The summed E-state index contributed by atoms with van der Waals surface area (Å²) in [5.41, 5.74) is 0. The topological polar surface area (TPSA) is 52.6 Å². The third-order valence-electron chi connectivity index (χ3n) is 7.19. The first-order chi connectivity index (χ1) is 21.6. The summed E-state index contributed by atoms with van der Waals surface area (Å²) >= 11 is 0. The highest BCUT2D eigenvalue weighted by atomic mass is 16.5.